The number of esters is 1. The standard InChI is InChI=1S/C21H23ClN2O5/c1-4-17(21(28)29-3)24-20(27)18-12(2)8-14(10-16(18)22)19(26)23-11-13-6-5-7-15(25)9-13/h5-10,17,25H,4,11H2,1-3H3,(H,23,26)(H,24,27)/t17-/m0/s1. The van der Waals surface area contributed by atoms with Gasteiger partial charge >= 0.3 is 5.97 Å². The summed E-state index contributed by atoms with van der Waals surface area (Å²) in [4.78, 5) is 36.7. The van der Waals surface area contributed by atoms with Crippen LogP contribution in [0, 0.1) is 6.92 Å². The second-order valence-corrected chi connectivity index (χ2v) is 6.87. The van der Waals surface area contributed by atoms with Crippen LogP contribution in [0.15, 0.2) is 36.4 Å². The van der Waals surface area contributed by atoms with Gasteiger partial charge in [-0.1, -0.05) is 30.7 Å². The van der Waals surface area contributed by atoms with E-state index in [0.717, 1.165) is 5.56 Å². The zero-order valence-corrected chi connectivity index (χ0v) is 17.2. The number of phenolic OH excluding ortho intramolecular Hbond substituents is 1. The van der Waals surface area contributed by atoms with Crippen molar-refractivity contribution in [3.05, 3.63) is 63.7 Å². The van der Waals surface area contributed by atoms with E-state index < -0.39 is 17.9 Å². The number of nitrogens with one attached hydrogen (secondary N) is 2. The number of aromatic hydroxyl groups is 1. The van der Waals surface area contributed by atoms with Crippen LogP contribution in [0.3, 0.4) is 0 Å². The number of amides is 2. The Kier molecular flexibility index (Phi) is 7.61. The molecule has 0 unspecified atom stereocenters. The highest BCUT2D eigenvalue weighted by atomic mass is 35.5. The molecule has 2 aromatic rings. The van der Waals surface area contributed by atoms with Gasteiger partial charge in [0.25, 0.3) is 11.8 Å². The summed E-state index contributed by atoms with van der Waals surface area (Å²) in [6.45, 7) is 3.63. The van der Waals surface area contributed by atoms with Crippen LogP contribution in [0.1, 0.15) is 45.2 Å². The van der Waals surface area contributed by atoms with Gasteiger partial charge in [0, 0.05) is 12.1 Å². The third-order valence-corrected chi connectivity index (χ3v) is 4.64. The molecule has 7 nitrogen and oxygen atoms in total. The maximum Gasteiger partial charge on any atom is 0.328 e. The van der Waals surface area contributed by atoms with Crippen molar-refractivity contribution in [2.75, 3.05) is 7.11 Å². The van der Waals surface area contributed by atoms with E-state index in [9.17, 15) is 19.5 Å². The number of carbonyl (C=O) groups excluding carboxylic acids is 3. The van der Waals surface area contributed by atoms with Gasteiger partial charge in [-0.05, 0) is 48.7 Å². The summed E-state index contributed by atoms with van der Waals surface area (Å²) in [6, 6.07) is 8.73. The van der Waals surface area contributed by atoms with Crippen LogP contribution in [0.5, 0.6) is 5.75 Å². The van der Waals surface area contributed by atoms with Crippen molar-refractivity contribution < 1.29 is 24.2 Å². The number of halogens is 1. The molecular formula is C21H23ClN2O5. The fourth-order valence-corrected chi connectivity index (χ4v) is 3.17. The topological polar surface area (TPSA) is 105 Å². The van der Waals surface area contributed by atoms with Crippen LogP contribution in [0.4, 0.5) is 0 Å². The van der Waals surface area contributed by atoms with Crippen LogP contribution < -0.4 is 10.6 Å². The van der Waals surface area contributed by atoms with E-state index in [1.807, 2.05) is 0 Å². The lowest BCUT2D eigenvalue weighted by Crippen LogP contribution is -2.41. The first-order valence-corrected chi connectivity index (χ1v) is 9.39. The second kappa shape index (κ2) is 9.93. The van der Waals surface area contributed by atoms with Crippen molar-refractivity contribution in [3.8, 4) is 5.75 Å². The second-order valence-electron chi connectivity index (χ2n) is 6.46. The molecule has 0 radical (unpaired) electrons. The maximum absolute atomic E-state index is 12.6. The largest absolute Gasteiger partial charge is 0.508 e. The van der Waals surface area contributed by atoms with E-state index in [1.165, 1.54) is 13.2 Å². The molecule has 154 valence electrons. The zero-order valence-electron chi connectivity index (χ0n) is 16.4. The summed E-state index contributed by atoms with van der Waals surface area (Å²) in [6.07, 6.45) is 0.366. The molecule has 0 saturated carbocycles. The molecular weight excluding hydrogens is 396 g/mol. The highest BCUT2D eigenvalue weighted by Gasteiger charge is 2.23. The highest BCUT2D eigenvalue weighted by Crippen LogP contribution is 2.23. The van der Waals surface area contributed by atoms with Crippen molar-refractivity contribution in [3.63, 3.8) is 0 Å². The van der Waals surface area contributed by atoms with Gasteiger partial charge in [-0.25, -0.2) is 4.79 Å². The number of aryl methyl sites for hydroxylation is 1. The molecule has 0 heterocycles. The first-order chi connectivity index (χ1) is 13.8. The minimum atomic E-state index is -0.784. The van der Waals surface area contributed by atoms with E-state index in [2.05, 4.69) is 15.4 Å². The molecule has 2 rings (SSSR count). The van der Waals surface area contributed by atoms with Crippen molar-refractivity contribution in [1.29, 1.82) is 0 Å². The average molecular weight is 419 g/mol. The van der Waals surface area contributed by atoms with E-state index in [4.69, 9.17) is 11.6 Å². The Morgan fingerprint density at radius 3 is 2.48 bits per heavy atom. The number of hydrogen-bond donors (Lipinski definition) is 3. The van der Waals surface area contributed by atoms with Crippen LogP contribution >= 0.6 is 11.6 Å². The van der Waals surface area contributed by atoms with E-state index in [1.54, 1.807) is 44.2 Å². The van der Waals surface area contributed by atoms with E-state index in [0.29, 0.717) is 17.5 Å². The first kappa shape index (κ1) is 22.2. The first-order valence-electron chi connectivity index (χ1n) is 9.01. The number of hydrogen-bond acceptors (Lipinski definition) is 5. The molecule has 29 heavy (non-hydrogen) atoms. The lowest BCUT2D eigenvalue weighted by atomic mass is 10.0. The van der Waals surface area contributed by atoms with Crippen molar-refractivity contribution >= 4 is 29.4 Å². The molecule has 2 aromatic carbocycles. The van der Waals surface area contributed by atoms with Crippen LogP contribution in [-0.4, -0.2) is 36.0 Å². The lowest BCUT2D eigenvalue weighted by Gasteiger charge is -2.17. The molecule has 0 spiro atoms. The Hall–Kier alpha value is -3.06. The number of methoxy groups -OCH3 is 1. The number of phenols is 1. The van der Waals surface area contributed by atoms with Crippen molar-refractivity contribution in [1.82, 2.24) is 10.6 Å². The number of carbonyl (C=O) groups is 3. The average Bonchev–Trinajstić information content (AvgIpc) is 2.69. The van der Waals surface area contributed by atoms with Gasteiger partial charge in [-0.3, -0.25) is 9.59 Å². The molecule has 0 fully saturated rings. The molecule has 2 amide bonds. The van der Waals surface area contributed by atoms with Crippen LogP contribution in [-0.2, 0) is 16.1 Å². The van der Waals surface area contributed by atoms with Gasteiger partial charge in [0.05, 0.1) is 17.7 Å². The molecule has 1 atom stereocenters. The molecule has 0 aliphatic rings. The summed E-state index contributed by atoms with van der Waals surface area (Å²) < 4.78 is 4.67. The van der Waals surface area contributed by atoms with Gasteiger partial charge in [0.1, 0.15) is 11.8 Å². The third-order valence-electron chi connectivity index (χ3n) is 4.34. The SMILES string of the molecule is CC[C@H](NC(=O)c1c(C)cc(C(=O)NCc2cccc(O)c2)cc1Cl)C(=O)OC. The Labute approximate surface area is 174 Å². The predicted molar refractivity (Wildman–Crippen MR) is 109 cm³/mol. The van der Waals surface area contributed by atoms with Gasteiger partial charge in [-0.15, -0.1) is 0 Å². The minimum Gasteiger partial charge on any atom is -0.508 e. The fraction of sp³-hybridized carbons (Fsp3) is 0.286. The van der Waals surface area contributed by atoms with E-state index >= 15 is 0 Å². The minimum absolute atomic E-state index is 0.102. The smallest absolute Gasteiger partial charge is 0.328 e. The summed E-state index contributed by atoms with van der Waals surface area (Å²) in [5.74, 6) is -1.32. The van der Waals surface area contributed by atoms with Crippen LogP contribution in [0.25, 0.3) is 0 Å². The number of ether oxygens (including phenoxy) is 1. The molecule has 0 saturated heterocycles. The molecule has 0 aliphatic carbocycles. The summed E-state index contributed by atoms with van der Waals surface area (Å²) in [7, 11) is 1.25. The number of benzene rings is 2. The van der Waals surface area contributed by atoms with Crippen LogP contribution in [0.2, 0.25) is 5.02 Å². The molecule has 0 aromatic heterocycles. The monoisotopic (exact) mass is 418 g/mol. The maximum atomic E-state index is 12.6. The van der Waals surface area contributed by atoms with Crippen molar-refractivity contribution in [2.24, 2.45) is 0 Å². The van der Waals surface area contributed by atoms with Gasteiger partial charge in [0.2, 0.25) is 0 Å². The normalized spacial score (nSPS) is 11.4. The zero-order chi connectivity index (χ0) is 21.6. The molecule has 3 N–H and O–H groups in total. The third kappa shape index (κ3) is 5.71. The van der Waals surface area contributed by atoms with E-state index in [-0.39, 0.29) is 28.8 Å². The Bertz CT molecular complexity index is 906. The summed E-state index contributed by atoms with van der Waals surface area (Å²) in [5, 5.41) is 14.9. The van der Waals surface area contributed by atoms with Gasteiger partial charge in [0.15, 0.2) is 0 Å². The Morgan fingerprint density at radius 2 is 1.90 bits per heavy atom. The highest BCUT2D eigenvalue weighted by molar-refractivity contribution is 6.34. The van der Waals surface area contributed by atoms with Gasteiger partial charge in [-0.2, -0.15) is 0 Å². The van der Waals surface area contributed by atoms with Crippen molar-refractivity contribution in [2.45, 2.75) is 32.9 Å². The van der Waals surface area contributed by atoms with Gasteiger partial charge < -0.3 is 20.5 Å². The lowest BCUT2D eigenvalue weighted by molar-refractivity contribution is -0.142. The summed E-state index contributed by atoms with van der Waals surface area (Å²) in [5.41, 5.74) is 1.73. The Balaban J connectivity index is 2.14. The quantitative estimate of drug-likeness (QED) is 0.599. The molecule has 0 aliphatic heterocycles. The molecule has 8 heteroatoms. The number of rotatable bonds is 7. The molecule has 0 bridgehead atoms. The Morgan fingerprint density at radius 1 is 1.17 bits per heavy atom. The fourth-order valence-electron chi connectivity index (χ4n) is 2.81. The summed E-state index contributed by atoms with van der Waals surface area (Å²) >= 11 is 6.26. The predicted octanol–water partition coefficient (Wildman–Crippen LogP) is 2.97.